The van der Waals surface area contributed by atoms with Crippen molar-refractivity contribution >= 4 is 17.4 Å². The Hall–Kier alpha value is -2.83. The Morgan fingerprint density at radius 3 is 2.52 bits per heavy atom. The molecular weight excluding hydrogens is 296 g/mol. The van der Waals surface area contributed by atoms with Gasteiger partial charge in [-0.2, -0.15) is 0 Å². The number of aromatic nitrogens is 2. The van der Waals surface area contributed by atoms with Gasteiger partial charge in [-0.15, -0.1) is 0 Å². The molecule has 0 aliphatic rings. The normalized spacial score (nSPS) is 10.0. The van der Waals surface area contributed by atoms with Gasteiger partial charge in [0.1, 0.15) is 11.5 Å². The Morgan fingerprint density at radius 1 is 1.13 bits per heavy atom. The Kier molecular flexibility index (Phi) is 5.74. The van der Waals surface area contributed by atoms with Gasteiger partial charge >= 0.3 is 0 Å². The SMILES string of the molecule is CCCNc1cnc(C(=O)Nc2ccc(OC)c(OC)c2)cn1. The number of ether oxygens (including phenoxy) is 2. The second-order valence-electron chi connectivity index (χ2n) is 4.74. The number of nitrogens with one attached hydrogen (secondary N) is 2. The first kappa shape index (κ1) is 16.5. The van der Waals surface area contributed by atoms with Crippen molar-refractivity contribution < 1.29 is 14.3 Å². The molecule has 0 saturated heterocycles. The third-order valence-electron chi connectivity index (χ3n) is 3.08. The van der Waals surface area contributed by atoms with Gasteiger partial charge in [0.2, 0.25) is 0 Å². The highest BCUT2D eigenvalue weighted by molar-refractivity contribution is 6.02. The van der Waals surface area contributed by atoms with E-state index in [4.69, 9.17) is 9.47 Å². The topological polar surface area (TPSA) is 85.4 Å². The number of rotatable bonds is 7. The summed E-state index contributed by atoms with van der Waals surface area (Å²) in [4.78, 5) is 20.5. The van der Waals surface area contributed by atoms with Crippen molar-refractivity contribution in [1.82, 2.24) is 9.97 Å². The molecular formula is C16H20N4O3. The van der Waals surface area contributed by atoms with Gasteiger partial charge in [-0.1, -0.05) is 6.92 Å². The molecule has 7 heteroatoms. The van der Waals surface area contributed by atoms with Gasteiger partial charge in [-0.05, 0) is 18.6 Å². The molecule has 0 fully saturated rings. The summed E-state index contributed by atoms with van der Waals surface area (Å²) in [5.41, 5.74) is 0.824. The molecule has 2 aromatic rings. The molecule has 1 aromatic heterocycles. The maximum Gasteiger partial charge on any atom is 0.275 e. The molecule has 23 heavy (non-hydrogen) atoms. The summed E-state index contributed by atoms with van der Waals surface area (Å²) < 4.78 is 10.4. The van der Waals surface area contributed by atoms with Crippen LogP contribution in [0.2, 0.25) is 0 Å². The minimum absolute atomic E-state index is 0.238. The summed E-state index contributed by atoms with van der Waals surface area (Å²) in [5, 5.41) is 5.85. The largest absolute Gasteiger partial charge is 0.493 e. The second kappa shape index (κ2) is 7.98. The Bertz CT molecular complexity index is 659. The van der Waals surface area contributed by atoms with Crippen molar-refractivity contribution in [1.29, 1.82) is 0 Å². The molecule has 2 N–H and O–H groups in total. The van der Waals surface area contributed by atoms with Crippen LogP contribution in [0.5, 0.6) is 11.5 Å². The van der Waals surface area contributed by atoms with E-state index in [1.54, 1.807) is 31.5 Å². The van der Waals surface area contributed by atoms with Crippen LogP contribution in [0.4, 0.5) is 11.5 Å². The van der Waals surface area contributed by atoms with Crippen LogP contribution in [0, 0.1) is 0 Å². The second-order valence-corrected chi connectivity index (χ2v) is 4.74. The predicted octanol–water partition coefficient (Wildman–Crippen LogP) is 2.57. The van der Waals surface area contributed by atoms with E-state index in [-0.39, 0.29) is 11.6 Å². The van der Waals surface area contributed by atoms with E-state index in [0.29, 0.717) is 23.0 Å². The molecule has 0 aliphatic carbocycles. The van der Waals surface area contributed by atoms with Crippen LogP contribution in [-0.4, -0.2) is 36.6 Å². The number of benzene rings is 1. The minimum atomic E-state index is -0.341. The standard InChI is InChI=1S/C16H20N4O3/c1-4-7-17-15-10-18-12(9-19-15)16(21)20-11-5-6-13(22-2)14(8-11)23-3/h5-6,8-10H,4,7H2,1-3H3,(H,17,19)(H,20,21). The van der Waals surface area contributed by atoms with Gasteiger partial charge in [0, 0.05) is 18.3 Å². The predicted molar refractivity (Wildman–Crippen MR) is 88.3 cm³/mol. The number of anilines is 2. The molecule has 1 amide bonds. The lowest BCUT2D eigenvalue weighted by Gasteiger charge is -2.10. The van der Waals surface area contributed by atoms with Crippen LogP contribution >= 0.6 is 0 Å². The average molecular weight is 316 g/mol. The average Bonchev–Trinajstić information content (AvgIpc) is 2.60. The molecule has 7 nitrogen and oxygen atoms in total. The third-order valence-corrected chi connectivity index (χ3v) is 3.08. The number of carbonyl (C=O) groups excluding carboxylic acids is 1. The molecule has 1 heterocycles. The van der Waals surface area contributed by atoms with Gasteiger partial charge in [0.05, 0.1) is 26.6 Å². The lowest BCUT2D eigenvalue weighted by atomic mass is 10.2. The number of amides is 1. The Labute approximate surface area is 135 Å². The van der Waals surface area contributed by atoms with Crippen LogP contribution in [0.3, 0.4) is 0 Å². The molecule has 0 aliphatic heterocycles. The number of carbonyl (C=O) groups is 1. The van der Waals surface area contributed by atoms with Gasteiger partial charge in [-0.3, -0.25) is 4.79 Å². The maximum atomic E-state index is 12.2. The van der Waals surface area contributed by atoms with Crippen molar-refractivity contribution in [3.63, 3.8) is 0 Å². The summed E-state index contributed by atoms with van der Waals surface area (Å²) >= 11 is 0. The van der Waals surface area contributed by atoms with Gasteiger partial charge in [0.25, 0.3) is 5.91 Å². The fourth-order valence-electron chi connectivity index (χ4n) is 1.90. The summed E-state index contributed by atoms with van der Waals surface area (Å²) in [5.74, 6) is 1.44. The van der Waals surface area contributed by atoms with E-state index >= 15 is 0 Å². The third kappa shape index (κ3) is 4.32. The zero-order chi connectivity index (χ0) is 16.7. The van der Waals surface area contributed by atoms with Crippen LogP contribution in [-0.2, 0) is 0 Å². The molecule has 0 unspecified atom stereocenters. The zero-order valence-electron chi connectivity index (χ0n) is 13.4. The Balaban J connectivity index is 2.06. The fourth-order valence-corrected chi connectivity index (χ4v) is 1.90. The summed E-state index contributed by atoms with van der Waals surface area (Å²) in [6, 6.07) is 5.13. The molecule has 0 radical (unpaired) electrons. The van der Waals surface area contributed by atoms with Crippen LogP contribution in [0.25, 0.3) is 0 Å². The monoisotopic (exact) mass is 316 g/mol. The first-order valence-electron chi connectivity index (χ1n) is 7.27. The highest BCUT2D eigenvalue weighted by Gasteiger charge is 2.11. The van der Waals surface area contributed by atoms with Crippen molar-refractivity contribution in [2.45, 2.75) is 13.3 Å². The maximum absolute atomic E-state index is 12.2. The number of hydrogen-bond donors (Lipinski definition) is 2. The summed E-state index contributed by atoms with van der Waals surface area (Å²) in [6.07, 6.45) is 3.97. The van der Waals surface area contributed by atoms with Crippen molar-refractivity contribution in [3.8, 4) is 11.5 Å². The van der Waals surface area contributed by atoms with Crippen LogP contribution in [0.15, 0.2) is 30.6 Å². The van der Waals surface area contributed by atoms with Crippen LogP contribution in [0.1, 0.15) is 23.8 Å². The molecule has 0 atom stereocenters. The first-order valence-corrected chi connectivity index (χ1v) is 7.27. The quantitative estimate of drug-likeness (QED) is 0.816. The summed E-state index contributed by atoms with van der Waals surface area (Å²) in [6.45, 7) is 2.87. The Morgan fingerprint density at radius 2 is 1.91 bits per heavy atom. The smallest absolute Gasteiger partial charge is 0.275 e. The van der Waals surface area contributed by atoms with Crippen molar-refractivity contribution in [2.24, 2.45) is 0 Å². The highest BCUT2D eigenvalue weighted by Crippen LogP contribution is 2.29. The molecule has 0 saturated carbocycles. The molecule has 1 aromatic carbocycles. The molecule has 122 valence electrons. The zero-order valence-corrected chi connectivity index (χ0v) is 13.4. The minimum Gasteiger partial charge on any atom is -0.493 e. The van der Waals surface area contributed by atoms with E-state index in [1.807, 2.05) is 0 Å². The van der Waals surface area contributed by atoms with Gasteiger partial charge in [0.15, 0.2) is 11.5 Å². The van der Waals surface area contributed by atoms with Gasteiger partial charge in [-0.25, -0.2) is 9.97 Å². The summed E-state index contributed by atoms with van der Waals surface area (Å²) in [7, 11) is 3.09. The lowest BCUT2D eigenvalue weighted by Crippen LogP contribution is -2.14. The molecule has 2 rings (SSSR count). The van der Waals surface area contributed by atoms with E-state index in [9.17, 15) is 4.79 Å². The van der Waals surface area contributed by atoms with Gasteiger partial charge < -0.3 is 20.1 Å². The number of methoxy groups -OCH3 is 2. The molecule has 0 spiro atoms. The van der Waals surface area contributed by atoms with Crippen LogP contribution < -0.4 is 20.1 Å². The first-order chi connectivity index (χ1) is 11.2. The van der Waals surface area contributed by atoms with E-state index < -0.39 is 0 Å². The van der Waals surface area contributed by atoms with Crippen molar-refractivity contribution in [2.75, 3.05) is 31.4 Å². The molecule has 0 bridgehead atoms. The van der Waals surface area contributed by atoms with E-state index in [2.05, 4.69) is 27.5 Å². The highest BCUT2D eigenvalue weighted by atomic mass is 16.5. The fraction of sp³-hybridized carbons (Fsp3) is 0.312. The number of hydrogen-bond acceptors (Lipinski definition) is 6. The van der Waals surface area contributed by atoms with E-state index in [1.165, 1.54) is 13.3 Å². The van der Waals surface area contributed by atoms with E-state index in [0.717, 1.165) is 13.0 Å². The van der Waals surface area contributed by atoms with Crippen molar-refractivity contribution in [3.05, 3.63) is 36.3 Å². The lowest BCUT2D eigenvalue weighted by molar-refractivity contribution is 0.102. The number of nitrogens with zero attached hydrogens (tertiary/aromatic N) is 2.